The summed E-state index contributed by atoms with van der Waals surface area (Å²) in [6.07, 6.45) is 6.32. The molecule has 1 aliphatic rings. The van der Waals surface area contributed by atoms with Crippen molar-refractivity contribution in [3.05, 3.63) is 83.5 Å². The van der Waals surface area contributed by atoms with Crippen LogP contribution in [0.25, 0.3) is 0 Å². The first-order valence-corrected chi connectivity index (χ1v) is 11.9. The Labute approximate surface area is 202 Å². The zero-order valence-electron chi connectivity index (χ0n) is 20.3. The summed E-state index contributed by atoms with van der Waals surface area (Å²) in [5.74, 6) is 1.11. The highest BCUT2D eigenvalue weighted by Crippen LogP contribution is 2.34. The van der Waals surface area contributed by atoms with Crippen LogP contribution >= 0.6 is 0 Å². The molecule has 0 aliphatic heterocycles. The maximum absolute atomic E-state index is 13.2. The van der Waals surface area contributed by atoms with Crippen molar-refractivity contribution in [2.45, 2.75) is 45.4 Å². The first-order chi connectivity index (χ1) is 16.5. The molecule has 0 amide bonds. The fourth-order valence-electron chi connectivity index (χ4n) is 4.39. The van der Waals surface area contributed by atoms with Gasteiger partial charge in [-0.1, -0.05) is 55.0 Å². The van der Waals surface area contributed by atoms with Gasteiger partial charge < -0.3 is 14.2 Å². The smallest absolute Gasteiger partial charge is 0.306 e. The van der Waals surface area contributed by atoms with Gasteiger partial charge in [0.05, 0.1) is 26.1 Å². The number of carbonyl (C=O) groups excluding carboxylic acids is 2. The monoisotopic (exact) mass is 462 g/mol. The second-order valence-electron chi connectivity index (χ2n) is 8.35. The van der Waals surface area contributed by atoms with Gasteiger partial charge in [-0.15, -0.1) is 0 Å². The van der Waals surface area contributed by atoms with Gasteiger partial charge in [-0.05, 0) is 55.2 Å². The largest absolute Gasteiger partial charge is 0.497 e. The topological polar surface area (TPSA) is 61.8 Å². The number of Topliss-reactive ketones (excluding diaryl/α,β-unsaturated/α-hetero) is 1. The van der Waals surface area contributed by atoms with E-state index in [1.54, 1.807) is 14.0 Å². The van der Waals surface area contributed by atoms with Crippen LogP contribution in [0.2, 0.25) is 0 Å². The Hall–Kier alpha value is -3.34. The molecule has 2 aromatic rings. The highest BCUT2D eigenvalue weighted by Gasteiger charge is 2.27. The maximum Gasteiger partial charge on any atom is 0.306 e. The molecule has 0 saturated carbocycles. The van der Waals surface area contributed by atoms with E-state index in [9.17, 15) is 9.59 Å². The Morgan fingerprint density at radius 2 is 1.59 bits per heavy atom. The van der Waals surface area contributed by atoms with Crippen LogP contribution in [0.15, 0.2) is 77.9 Å². The lowest BCUT2D eigenvalue weighted by atomic mass is 9.86. The zero-order chi connectivity index (χ0) is 24.3. The number of carbonyl (C=O) groups is 2. The quantitative estimate of drug-likeness (QED) is 0.339. The first kappa shape index (κ1) is 25.3. The van der Waals surface area contributed by atoms with E-state index in [4.69, 9.17) is 14.2 Å². The minimum atomic E-state index is -0.479. The molecule has 2 atom stereocenters. The van der Waals surface area contributed by atoms with Gasteiger partial charge in [-0.25, -0.2) is 0 Å². The van der Waals surface area contributed by atoms with Crippen LogP contribution in [-0.4, -0.2) is 32.1 Å². The van der Waals surface area contributed by atoms with Gasteiger partial charge in [0, 0.05) is 12.3 Å². The zero-order valence-corrected chi connectivity index (χ0v) is 20.3. The van der Waals surface area contributed by atoms with Crippen molar-refractivity contribution in [1.29, 1.82) is 0 Å². The third-order valence-corrected chi connectivity index (χ3v) is 6.21. The van der Waals surface area contributed by atoms with Gasteiger partial charge >= 0.3 is 5.97 Å². The highest BCUT2D eigenvalue weighted by molar-refractivity contribution is 5.90. The molecule has 0 bridgehead atoms. The number of rotatable bonds is 13. The van der Waals surface area contributed by atoms with Crippen molar-refractivity contribution in [3.63, 3.8) is 0 Å². The van der Waals surface area contributed by atoms with E-state index in [0.717, 1.165) is 23.5 Å². The highest BCUT2D eigenvalue weighted by atomic mass is 16.5. The maximum atomic E-state index is 13.2. The van der Waals surface area contributed by atoms with Crippen LogP contribution in [0.3, 0.4) is 0 Å². The molecule has 0 N–H and O–H groups in total. The molecule has 2 aromatic carbocycles. The lowest BCUT2D eigenvalue weighted by molar-refractivity contribution is -0.145. The summed E-state index contributed by atoms with van der Waals surface area (Å²) in [5.41, 5.74) is 3.32. The van der Waals surface area contributed by atoms with Crippen LogP contribution in [0.1, 0.15) is 51.0 Å². The fourth-order valence-corrected chi connectivity index (χ4v) is 4.39. The van der Waals surface area contributed by atoms with Crippen molar-refractivity contribution in [2.24, 2.45) is 5.92 Å². The minimum absolute atomic E-state index is 0.0675. The summed E-state index contributed by atoms with van der Waals surface area (Å²) in [5, 5.41) is 0. The number of hydrogen-bond donors (Lipinski definition) is 0. The van der Waals surface area contributed by atoms with Crippen molar-refractivity contribution in [3.8, 4) is 11.5 Å². The third-order valence-electron chi connectivity index (χ3n) is 6.21. The van der Waals surface area contributed by atoms with Crippen LogP contribution in [0.4, 0.5) is 0 Å². The van der Waals surface area contributed by atoms with Crippen molar-refractivity contribution in [1.82, 2.24) is 0 Å². The van der Waals surface area contributed by atoms with Gasteiger partial charge in [0.15, 0.2) is 0 Å². The van der Waals surface area contributed by atoms with Gasteiger partial charge in [0.25, 0.3) is 0 Å². The second kappa shape index (κ2) is 12.8. The predicted molar refractivity (Wildman–Crippen MR) is 133 cm³/mol. The van der Waals surface area contributed by atoms with Crippen molar-refractivity contribution in [2.75, 3.05) is 20.3 Å². The van der Waals surface area contributed by atoms with Crippen LogP contribution in [-0.2, 0) is 14.3 Å². The Bertz CT molecular complexity index is 1000. The summed E-state index contributed by atoms with van der Waals surface area (Å²) in [4.78, 5) is 25.3. The molecule has 3 rings (SSSR count). The Morgan fingerprint density at radius 1 is 0.912 bits per heavy atom. The number of benzene rings is 2. The van der Waals surface area contributed by atoms with E-state index in [1.807, 2.05) is 54.6 Å². The first-order valence-electron chi connectivity index (χ1n) is 11.9. The summed E-state index contributed by atoms with van der Waals surface area (Å²) in [6, 6.07) is 17.1. The number of ether oxygens (including phenoxy) is 3. The normalized spacial score (nSPS) is 15.8. The molecule has 5 nitrogen and oxygen atoms in total. The fraction of sp³-hybridized carbons (Fsp3) is 0.379. The molecule has 2 unspecified atom stereocenters. The molecule has 0 spiro atoms. The van der Waals surface area contributed by atoms with Crippen LogP contribution < -0.4 is 9.47 Å². The second-order valence-corrected chi connectivity index (χ2v) is 8.35. The molecular weight excluding hydrogens is 428 g/mol. The lowest BCUT2D eigenvalue weighted by Gasteiger charge is -2.20. The molecule has 180 valence electrons. The van der Waals surface area contributed by atoms with Gasteiger partial charge in [-0.2, -0.15) is 0 Å². The molecule has 0 heterocycles. The summed E-state index contributed by atoms with van der Waals surface area (Å²) in [7, 11) is 1.64. The molecule has 34 heavy (non-hydrogen) atoms. The average molecular weight is 463 g/mol. The van der Waals surface area contributed by atoms with Gasteiger partial charge in [-0.3, -0.25) is 9.59 Å². The molecule has 1 aliphatic carbocycles. The Kier molecular flexibility index (Phi) is 9.51. The molecule has 0 saturated heterocycles. The van der Waals surface area contributed by atoms with E-state index >= 15 is 0 Å². The molecule has 0 aromatic heterocycles. The molecule has 5 heteroatoms. The lowest BCUT2D eigenvalue weighted by Crippen LogP contribution is -2.19. The number of ketones is 1. The van der Waals surface area contributed by atoms with E-state index in [-0.39, 0.29) is 24.1 Å². The SMILES string of the molecule is CCOC(=O)CC(C(=O)CCC1=CC=C(COc2ccc(OC)cc2)C1CC)c1ccccc1. The van der Waals surface area contributed by atoms with E-state index in [2.05, 4.69) is 19.1 Å². The van der Waals surface area contributed by atoms with Crippen LogP contribution in [0.5, 0.6) is 11.5 Å². The Balaban J connectivity index is 1.57. The minimum Gasteiger partial charge on any atom is -0.497 e. The average Bonchev–Trinajstić information content (AvgIpc) is 3.27. The van der Waals surface area contributed by atoms with Gasteiger partial charge in [0.2, 0.25) is 0 Å². The van der Waals surface area contributed by atoms with Crippen LogP contribution in [0, 0.1) is 5.92 Å². The van der Waals surface area contributed by atoms with E-state index in [1.165, 1.54) is 11.1 Å². The summed E-state index contributed by atoms with van der Waals surface area (Å²) >= 11 is 0. The Morgan fingerprint density at radius 3 is 2.24 bits per heavy atom. The van der Waals surface area contributed by atoms with E-state index in [0.29, 0.717) is 26.1 Å². The molecule has 0 fully saturated rings. The number of hydrogen-bond acceptors (Lipinski definition) is 5. The van der Waals surface area contributed by atoms with Crippen molar-refractivity contribution < 1.29 is 23.8 Å². The summed E-state index contributed by atoms with van der Waals surface area (Å²) in [6.45, 7) is 4.75. The van der Waals surface area contributed by atoms with Crippen molar-refractivity contribution >= 4 is 11.8 Å². The van der Waals surface area contributed by atoms with E-state index < -0.39 is 5.92 Å². The standard InChI is InChI=1S/C29H34O5/c1-4-26-22(11-12-23(26)20-34-25-16-14-24(32-3)15-17-25)13-18-28(30)27(19-29(31)33-5-2)21-9-7-6-8-10-21/h6-12,14-17,26-27H,4-5,13,18-20H2,1-3H3. The third kappa shape index (κ3) is 6.83. The summed E-state index contributed by atoms with van der Waals surface area (Å²) < 4.78 is 16.3. The predicted octanol–water partition coefficient (Wildman–Crippen LogP) is 6.05. The molecule has 0 radical (unpaired) electrons. The van der Waals surface area contributed by atoms with Gasteiger partial charge in [0.1, 0.15) is 23.9 Å². The number of methoxy groups -OCH3 is 1. The number of allylic oxidation sites excluding steroid dienone is 3. The number of esters is 1. The molecular formula is C29H34O5.